The molecule has 5 nitrogen and oxygen atoms in total. The highest BCUT2D eigenvalue weighted by atomic mass is 35.5. The van der Waals surface area contributed by atoms with Crippen LogP contribution in [0.25, 0.3) is 0 Å². The fraction of sp³-hybridized carbons (Fsp3) is 0.611. The van der Waals surface area contributed by atoms with Crippen LogP contribution in [0, 0.1) is 0 Å². The average Bonchev–Trinajstić information content (AvgIpc) is 3.12. The molecule has 0 radical (unpaired) electrons. The van der Waals surface area contributed by atoms with Gasteiger partial charge in [-0.05, 0) is 43.4 Å². The van der Waals surface area contributed by atoms with Crippen molar-refractivity contribution in [1.29, 1.82) is 0 Å². The van der Waals surface area contributed by atoms with E-state index >= 15 is 0 Å². The molecule has 1 heterocycles. The number of halogens is 2. The molecule has 25 heavy (non-hydrogen) atoms. The number of aliphatic imine (C=N–C) groups is 1. The molecule has 0 saturated carbocycles. The highest BCUT2D eigenvalue weighted by Gasteiger charge is 2.14. The quantitative estimate of drug-likeness (QED) is 0.387. The minimum atomic E-state index is 0.291. The SMILES string of the molecule is CN=C(NCCCOCC1CCCO1)NCCc1c(Cl)cccc1Cl. The Kier molecular flexibility index (Phi) is 9.40. The third-order valence-corrected chi connectivity index (χ3v) is 4.75. The van der Waals surface area contributed by atoms with Crippen molar-refractivity contribution in [2.24, 2.45) is 4.99 Å². The average molecular weight is 388 g/mol. The van der Waals surface area contributed by atoms with Crippen molar-refractivity contribution in [3.63, 3.8) is 0 Å². The van der Waals surface area contributed by atoms with E-state index in [-0.39, 0.29) is 0 Å². The summed E-state index contributed by atoms with van der Waals surface area (Å²) in [6.45, 7) is 3.80. The van der Waals surface area contributed by atoms with Crippen LogP contribution < -0.4 is 10.6 Å². The molecule has 2 rings (SSSR count). The normalized spacial score (nSPS) is 17.7. The predicted octanol–water partition coefficient (Wildman–Crippen LogP) is 3.29. The van der Waals surface area contributed by atoms with Gasteiger partial charge in [0.05, 0.1) is 12.7 Å². The summed E-state index contributed by atoms with van der Waals surface area (Å²) in [5.74, 6) is 0.766. The maximum atomic E-state index is 6.18. The minimum absolute atomic E-state index is 0.291. The van der Waals surface area contributed by atoms with Crippen LogP contribution in [0.5, 0.6) is 0 Å². The Morgan fingerprint density at radius 3 is 2.72 bits per heavy atom. The van der Waals surface area contributed by atoms with E-state index in [0.717, 1.165) is 57.0 Å². The molecule has 1 aromatic carbocycles. The van der Waals surface area contributed by atoms with E-state index in [2.05, 4.69) is 15.6 Å². The van der Waals surface area contributed by atoms with E-state index < -0.39 is 0 Å². The molecule has 2 N–H and O–H groups in total. The number of ether oxygens (including phenoxy) is 2. The Hall–Kier alpha value is -1.01. The molecule has 1 aliphatic rings. The maximum Gasteiger partial charge on any atom is 0.190 e. The summed E-state index contributed by atoms with van der Waals surface area (Å²) in [6, 6.07) is 5.56. The fourth-order valence-corrected chi connectivity index (χ4v) is 3.26. The van der Waals surface area contributed by atoms with Crippen LogP contribution >= 0.6 is 23.2 Å². The summed E-state index contributed by atoms with van der Waals surface area (Å²) in [5.41, 5.74) is 0.955. The molecule has 1 fully saturated rings. The molecule has 140 valence electrons. The molecule has 0 bridgehead atoms. The molecule has 7 heteroatoms. The van der Waals surface area contributed by atoms with Crippen molar-refractivity contribution in [2.45, 2.75) is 31.8 Å². The molecule has 1 aliphatic heterocycles. The van der Waals surface area contributed by atoms with Crippen LogP contribution in [0.15, 0.2) is 23.2 Å². The van der Waals surface area contributed by atoms with Gasteiger partial charge in [0, 0.05) is 43.4 Å². The Morgan fingerprint density at radius 1 is 1.28 bits per heavy atom. The van der Waals surface area contributed by atoms with Crippen molar-refractivity contribution in [3.05, 3.63) is 33.8 Å². The number of nitrogens with one attached hydrogen (secondary N) is 2. The number of rotatable bonds is 9. The Morgan fingerprint density at radius 2 is 2.04 bits per heavy atom. The Balaban J connectivity index is 1.56. The molecule has 0 aromatic heterocycles. The van der Waals surface area contributed by atoms with Crippen molar-refractivity contribution in [2.75, 3.05) is 40.0 Å². The lowest BCUT2D eigenvalue weighted by molar-refractivity contribution is 0.0168. The van der Waals surface area contributed by atoms with Gasteiger partial charge in [-0.1, -0.05) is 29.3 Å². The van der Waals surface area contributed by atoms with Crippen molar-refractivity contribution in [3.8, 4) is 0 Å². The number of hydrogen-bond acceptors (Lipinski definition) is 3. The molecule has 0 aliphatic carbocycles. The Bertz CT molecular complexity index is 529. The summed E-state index contributed by atoms with van der Waals surface area (Å²) in [7, 11) is 1.76. The third-order valence-electron chi connectivity index (χ3n) is 4.04. The third kappa shape index (κ3) is 7.40. The summed E-state index contributed by atoms with van der Waals surface area (Å²) in [6.07, 6.45) is 4.22. The number of benzene rings is 1. The second-order valence-corrected chi connectivity index (χ2v) is 6.75. The van der Waals surface area contributed by atoms with E-state index in [9.17, 15) is 0 Å². The first-order valence-corrected chi connectivity index (χ1v) is 9.53. The van der Waals surface area contributed by atoms with Crippen LogP contribution in [0.2, 0.25) is 10.0 Å². The van der Waals surface area contributed by atoms with Crippen LogP contribution in [0.3, 0.4) is 0 Å². The van der Waals surface area contributed by atoms with E-state index in [1.54, 1.807) is 7.05 Å². The van der Waals surface area contributed by atoms with Gasteiger partial charge in [-0.3, -0.25) is 4.99 Å². The minimum Gasteiger partial charge on any atom is -0.379 e. The summed E-state index contributed by atoms with van der Waals surface area (Å²) in [5, 5.41) is 7.93. The second kappa shape index (κ2) is 11.6. The van der Waals surface area contributed by atoms with Gasteiger partial charge in [-0.15, -0.1) is 0 Å². The standard InChI is InChI=1S/C18H27Cl2N3O2/c1-21-18(22-9-4-11-24-13-14-5-3-12-25-14)23-10-8-15-16(19)6-2-7-17(15)20/h2,6-7,14H,3-5,8-13H2,1H3,(H2,21,22,23). The molecular weight excluding hydrogens is 361 g/mol. The van der Waals surface area contributed by atoms with Crippen molar-refractivity contribution >= 4 is 29.2 Å². The first-order chi connectivity index (χ1) is 12.2. The van der Waals surface area contributed by atoms with Gasteiger partial charge in [0.15, 0.2) is 5.96 Å². The summed E-state index contributed by atoms with van der Waals surface area (Å²) in [4.78, 5) is 4.21. The maximum absolute atomic E-state index is 6.18. The first kappa shape index (κ1) is 20.3. The molecule has 0 spiro atoms. The van der Waals surface area contributed by atoms with Crippen LogP contribution in [0.1, 0.15) is 24.8 Å². The molecule has 1 atom stereocenters. The van der Waals surface area contributed by atoms with Gasteiger partial charge < -0.3 is 20.1 Å². The van der Waals surface area contributed by atoms with Gasteiger partial charge in [0.2, 0.25) is 0 Å². The predicted molar refractivity (Wildman–Crippen MR) is 104 cm³/mol. The van der Waals surface area contributed by atoms with Crippen LogP contribution in [-0.4, -0.2) is 52.0 Å². The summed E-state index contributed by atoms with van der Waals surface area (Å²) >= 11 is 12.4. The lowest BCUT2D eigenvalue weighted by Crippen LogP contribution is -2.39. The zero-order valence-electron chi connectivity index (χ0n) is 14.7. The monoisotopic (exact) mass is 387 g/mol. The van der Waals surface area contributed by atoms with Crippen LogP contribution in [0.4, 0.5) is 0 Å². The number of nitrogens with zero attached hydrogens (tertiary/aromatic N) is 1. The second-order valence-electron chi connectivity index (χ2n) is 5.94. The summed E-state index contributed by atoms with van der Waals surface area (Å²) < 4.78 is 11.2. The van der Waals surface area contributed by atoms with Gasteiger partial charge in [-0.2, -0.15) is 0 Å². The molecule has 1 unspecified atom stereocenters. The van der Waals surface area contributed by atoms with E-state index in [4.69, 9.17) is 32.7 Å². The lowest BCUT2D eigenvalue weighted by Gasteiger charge is -2.13. The molecular formula is C18H27Cl2N3O2. The van der Waals surface area contributed by atoms with Crippen molar-refractivity contribution < 1.29 is 9.47 Å². The molecule has 1 aromatic rings. The highest BCUT2D eigenvalue weighted by molar-refractivity contribution is 6.35. The Labute approximate surface area is 160 Å². The van der Waals surface area contributed by atoms with Crippen molar-refractivity contribution in [1.82, 2.24) is 10.6 Å². The van der Waals surface area contributed by atoms with E-state index in [1.807, 2.05) is 18.2 Å². The van der Waals surface area contributed by atoms with Gasteiger partial charge in [0.1, 0.15) is 0 Å². The largest absolute Gasteiger partial charge is 0.379 e. The molecule has 0 amide bonds. The van der Waals surface area contributed by atoms with E-state index in [0.29, 0.717) is 29.3 Å². The van der Waals surface area contributed by atoms with Gasteiger partial charge in [-0.25, -0.2) is 0 Å². The van der Waals surface area contributed by atoms with E-state index in [1.165, 1.54) is 0 Å². The number of hydrogen-bond donors (Lipinski definition) is 2. The fourth-order valence-electron chi connectivity index (χ4n) is 2.67. The van der Waals surface area contributed by atoms with Gasteiger partial charge in [0.25, 0.3) is 0 Å². The van der Waals surface area contributed by atoms with Gasteiger partial charge >= 0.3 is 0 Å². The number of guanidine groups is 1. The highest BCUT2D eigenvalue weighted by Crippen LogP contribution is 2.24. The first-order valence-electron chi connectivity index (χ1n) is 8.77. The zero-order valence-corrected chi connectivity index (χ0v) is 16.2. The molecule has 1 saturated heterocycles. The topological polar surface area (TPSA) is 54.9 Å². The zero-order chi connectivity index (χ0) is 17.9. The smallest absolute Gasteiger partial charge is 0.190 e. The lowest BCUT2D eigenvalue weighted by atomic mass is 10.1. The van der Waals surface area contributed by atoms with Crippen LogP contribution in [-0.2, 0) is 15.9 Å².